The Labute approximate surface area is 142 Å². The molecule has 0 spiro atoms. The number of aromatic amines is 1. The molecule has 3 rings (SSSR count). The lowest BCUT2D eigenvalue weighted by molar-refractivity contribution is 0.0951. The maximum absolute atomic E-state index is 12.1. The fourth-order valence-electron chi connectivity index (χ4n) is 2.82. The van der Waals surface area contributed by atoms with E-state index >= 15 is 0 Å². The summed E-state index contributed by atoms with van der Waals surface area (Å²) in [5.41, 5.74) is 5.38. The number of H-pyrrole nitrogens is 1. The molecule has 0 aliphatic carbocycles. The Morgan fingerprint density at radius 3 is 2.58 bits per heavy atom. The first-order chi connectivity index (χ1) is 11.5. The molecule has 0 aliphatic rings. The lowest BCUT2D eigenvalue weighted by Crippen LogP contribution is -2.31. The normalized spacial score (nSPS) is 11.2. The van der Waals surface area contributed by atoms with Gasteiger partial charge in [0.1, 0.15) is 0 Å². The molecule has 24 heavy (non-hydrogen) atoms. The fourth-order valence-corrected chi connectivity index (χ4v) is 2.82. The highest BCUT2D eigenvalue weighted by Crippen LogP contribution is 2.28. The minimum Gasteiger partial charge on any atom is -0.361 e. The smallest absolute Gasteiger partial charge is 0.251 e. The third-order valence-electron chi connectivity index (χ3n) is 4.20. The molecule has 0 bridgehead atoms. The number of hydrogen-bond acceptors (Lipinski definition) is 2. The minimum atomic E-state index is -0.0267. The van der Waals surface area contributed by atoms with Gasteiger partial charge in [0.05, 0.1) is 0 Å². The number of fused-ring (bicyclic) bond motifs is 1. The van der Waals surface area contributed by atoms with Crippen LogP contribution in [-0.2, 0) is 0 Å². The second kappa shape index (κ2) is 6.89. The van der Waals surface area contributed by atoms with E-state index in [2.05, 4.69) is 35.4 Å². The lowest BCUT2D eigenvalue weighted by Gasteiger charge is -2.11. The molecule has 0 radical (unpaired) electrons. The van der Waals surface area contributed by atoms with E-state index in [0.717, 1.165) is 17.6 Å². The maximum atomic E-state index is 12.1. The number of likely N-dealkylation sites (N-methyl/N-ethyl adjacent to an activating group) is 1. The average molecular weight is 321 g/mol. The summed E-state index contributed by atoms with van der Waals surface area (Å²) in [5.74, 6) is -0.0267. The number of aryl methyl sites for hydroxylation is 1. The highest BCUT2D eigenvalue weighted by molar-refractivity contribution is 5.95. The molecule has 124 valence electrons. The Bertz CT molecular complexity index is 847. The fraction of sp³-hybridized carbons (Fsp3) is 0.250. The first-order valence-corrected chi connectivity index (χ1v) is 8.16. The van der Waals surface area contributed by atoms with Crippen LogP contribution in [-0.4, -0.2) is 43.0 Å². The number of amides is 1. The molecule has 2 N–H and O–H groups in total. The van der Waals surface area contributed by atoms with Crippen molar-refractivity contribution in [3.8, 4) is 11.1 Å². The SMILES string of the molecule is Cc1cc2[nH]ccc2cc1-c1ccc(C(=O)NCCN(C)C)cc1. The molecular formula is C20H23N3O. The molecule has 4 heteroatoms. The van der Waals surface area contributed by atoms with Crippen molar-refractivity contribution in [2.45, 2.75) is 6.92 Å². The van der Waals surface area contributed by atoms with Gasteiger partial charge in [-0.1, -0.05) is 12.1 Å². The van der Waals surface area contributed by atoms with Crippen LogP contribution in [0.5, 0.6) is 0 Å². The molecule has 1 amide bonds. The van der Waals surface area contributed by atoms with Crippen molar-refractivity contribution < 1.29 is 4.79 Å². The Morgan fingerprint density at radius 1 is 1.12 bits per heavy atom. The number of carbonyl (C=O) groups is 1. The van der Waals surface area contributed by atoms with Crippen molar-refractivity contribution in [3.63, 3.8) is 0 Å². The summed E-state index contributed by atoms with van der Waals surface area (Å²) < 4.78 is 0. The highest BCUT2D eigenvalue weighted by Gasteiger charge is 2.08. The summed E-state index contributed by atoms with van der Waals surface area (Å²) >= 11 is 0. The molecule has 0 fully saturated rings. The summed E-state index contributed by atoms with van der Waals surface area (Å²) in [6.07, 6.45) is 1.95. The van der Waals surface area contributed by atoms with E-state index < -0.39 is 0 Å². The standard InChI is InChI=1S/C20H23N3O/c1-14-12-19-17(8-9-21-19)13-18(14)15-4-6-16(7-5-15)20(24)22-10-11-23(2)3/h4-9,12-13,21H,10-11H2,1-3H3,(H,22,24). The number of carbonyl (C=O) groups excluding carboxylic acids is 1. The van der Waals surface area contributed by atoms with Crippen LogP contribution in [0.15, 0.2) is 48.7 Å². The summed E-state index contributed by atoms with van der Waals surface area (Å²) in [4.78, 5) is 17.4. The molecule has 0 aliphatic heterocycles. The van der Waals surface area contributed by atoms with Gasteiger partial charge in [0.2, 0.25) is 0 Å². The van der Waals surface area contributed by atoms with Crippen LogP contribution < -0.4 is 5.32 Å². The van der Waals surface area contributed by atoms with Crippen molar-refractivity contribution >= 4 is 16.8 Å². The molecular weight excluding hydrogens is 298 g/mol. The summed E-state index contributed by atoms with van der Waals surface area (Å²) in [6, 6.07) is 14.2. The van der Waals surface area contributed by atoms with Crippen LogP contribution in [0.25, 0.3) is 22.0 Å². The van der Waals surface area contributed by atoms with Crippen LogP contribution in [0.2, 0.25) is 0 Å². The van der Waals surface area contributed by atoms with E-state index in [1.54, 1.807) is 0 Å². The van der Waals surface area contributed by atoms with Gasteiger partial charge in [-0.2, -0.15) is 0 Å². The zero-order valence-electron chi connectivity index (χ0n) is 14.4. The quantitative estimate of drug-likeness (QED) is 0.756. The van der Waals surface area contributed by atoms with Gasteiger partial charge in [0, 0.05) is 30.4 Å². The molecule has 0 saturated carbocycles. The number of benzene rings is 2. The van der Waals surface area contributed by atoms with Crippen molar-refractivity contribution in [1.29, 1.82) is 0 Å². The van der Waals surface area contributed by atoms with E-state index in [4.69, 9.17) is 0 Å². The summed E-state index contributed by atoms with van der Waals surface area (Å²) in [5, 5.41) is 4.13. The Morgan fingerprint density at radius 2 is 1.88 bits per heavy atom. The molecule has 1 aromatic heterocycles. The Hall–Kier alpha value is -2.59. The zero-order chi connectivity index (χ0) is 17.1. The van der Waals surface area contributed by atoms with Crippen LogP contribution in [0.3, 0.4) is 0 Å². The largest absolute Gasteiger partial charge is 0.361 e. The first-order valence-electron chi connectivity index (χ1n) is 8.16. The van der Waals surface area contributed by atoms with Gasteiger partial charge in [-0.3, -0.25) is 4.79 Å². The zero-order valence-corrected chi connectivity index (χ0v) is 14.4. The number of nitrogens with one attached hydrogen (secondary N) is 2. The maximum Gasteiger partial charge on any atom is 0.251 e. The van der Waals surface area contributed by atoms with Crippen molar-refractivity contribution in [1.82, 2.24) is 15.2 Å². The van der Waals surface area contributed by atoms with Gasteiger partial charge < -0.3 is 15.2 Å². The molecule has 4 nitrogen and oxygen atoms in total. The van der Waals surface area contributed by atoms with E-state index in [1.807, 2.05) is 49.5 Å². The van der Waals surface area contributed by atoms with Gasteiger partial charge in [-0.25, -0.2) is 0 Å². The third kappa shape index (κ3) is 3.49. The number of aromatic nitrogens is 1. The highest BCUT2D eigenvalue weighted by atomic mass is 16.1. The predicted octanol–water partition coefficient (Wildman–Crippen LogP) is 3.43. The van der Waals surface area contributed by atoms with Gasteiger partial charge in [0.25, 0.3) is 5.91 Å². The van der Waals surface area contributed by atoms with Crippen LogP contribution in [0.1, 0.15) is 15.9 Å². The van der Waals surface area contributed by atoms with Gasteiger partial charge in [-0.15, -0.1) is 0 Å². The van der Waals surface area contributed by atoms with E-state index in [1.165, 1.54) is 16.5 Å². The Balaban J connectivity index is 1.78. The molecule has 2 aromatic carbocycles. The van der Waals surface area contributed by atoms with Gasteiger partial charge >= 0.3 is 0 Å². The lowest BCUT2D eigenvalue weighted by atomic mass is 9.98. The number of rotatable bonds is 5. The predicted molar refractivity (Wildman–Crippen MR) is 99.4 cm³/mol. The number of hydrogen-bond donors (Lipinski definition) is 2. The summed E-state index contributed by atoms with van der Waals surface area (Å²) in [7, 11) is 3.98. The van der Waals surface area contributed by atoms with Gasteiger partial charge in [-0.05, 0) is 73.4 Å². The van der Waals surface area contributed by atoms with Crippen LogP contribution in [0, 0.1) is 6.92 Å². The topological polar surface area (TPSA) is 48.1 Å². The summed E-state index contributed by atoms with van der Waals surface area (Å²) in [6.45, 7) is 3.59. The second-order valence-electron chi connectivity index (χ2n) is 6.37. The molecule has 0 unspecified atom stereocenters. The third-order valence-corrected chi connectivity index (χ3v) is 4.20. The first kappa shape index (κ1) is 16.3. The van der Waals surface area contributed by atoms with E-state index in [9.17, 15) is 4.79 Å². The van der Waals surface area contributed by atoms with Crippen molar-refractivity contribution in [2.75, 3.05) is 27.2 Å². The van der Waals surface area contributed by atoms with Crippen LogP contribution >= 0.6 is 0 Å². The molecule has 0 saturated heterocycles. The molecule has 3 aromatic rings. The second-order valence-corrected chi connectivity index (χ2v) is 6.37. The monoisotopic (exact) mass is 321 g/mol. The minimum absolute atomic E-state index is 0.0267. The van der Waals surface area contributed by atoms with Crippen LogP contribution in [0.4, 0.5) is 0 Å². The average Bonchev–Trinajstić information content (AvgIpc) is 3.01. The van der Waals surface area contributed by atoms with Gasteiger partial charge in [0.15, 0.2) is 0 Å². The molecule has 0 atom stereocenters. The Kier molecular flexibility index (Phi) is 4.67. The van der Waals surface area contributed by atoms with E-state index in [-0.39, 0.29) is 5.91 Å². The van der Waals surface area contributed by atoms with Crippen molar-refractivity contribution in [3.05, 3.63) is 59.8 Å². The number of nitrogens with zero attached hydrogens (tertiary/aromatic N) is 1. The van der Waals surface area contributed by atoms with E-state index in [0.29, 0.717) is 12.1 Å². The molecule has 1 heterocycles. The van der Waals surface area contributed by atoms with Crippen molar-refractivity contribution in [2.24, 2.45) is 0 Å².